The summed E-state index contributed by atoms with van der Waals surface area (Å²) in [6.45, 7) is 4.18. The van der Waals surface area contributed by atoms with Crippen molar-refractivity contribution in [3.8, 4) is 0 Å². The van der Waals surface area contributed by atoms with Crippen LogP contribution in [0.25, 0.3) is 0 Å². The molecule has 7 heteroatoms. The van der Waals surface area contributed by atoms with Gasteiger partial charge in [0.2, 0.25) is 5.91 Å². The lowest BCUT2D eigenvalue weighted by atomic mass is 10.3. The van der Waals surface area contributed by atoms with Crippen LogP contribution in [0.3, 0.4) is 0 Å². The molecule has 2 N–H and O–H groups in total. The molecule has 0 saturated heterocycles. The topological polar surface area (TPSA) is 90.5 Å². The molecule has 7 nitrogen and oxygen atoms in total. The molecule has 1 atom stereocenters. The number of likely N-dealkylation sites (N-methyl/N-ethyl adjacent to an activating group) is 1. The van der Waals surface area contributed by atoms with Crippen molar-refractivity contribution >= 4 is 17.7 Å². The second-order valence-corrected chi connectivity index (χ2v) is 3.91. The number of hydrogen-bond donors (Lipinski definition) is 1. The maximum atomic E-state index is 12.0. The fourth-order valence-corrected chi connectivity index (χ4v) is 1.53. The summed E-state index contributed by atoms with van der Waals surface area (Å²) in [5.74, 6) is -0.583. The average molecular weight is 254 g/mol. The number of carbonyl (C=O) groups is 2. The van der Waals surface area contributed by atoms with Gasteiger partial charge in [-0.05, 0) is 13.8 Å². The number of anilines is 1. The molecular formula is C11H18N4O3. The van der Waals surface area contributed by atoms with Gasteiger partial charge >= 0.3 is 5.97 Å². The minimum absolute atomic E-state index is 0.0244. The van der Waals surface area contributed by atoms with Crippen molar-refractivity contribution in [2.24, 2.45) is 0 Å². The first-order valence-electron chi connectivity index (χ1n) is 5.59. The van der Waals surface area contributed by atoms with E-state index in [1.165, 1.54) is 18.0 Å². The molecule has 18 heavy (non-hydrogen) atoms. The number of carbonyl (C=O) groups excluding carboxylic acids is 2. The summed E-state index contributed by atoms with van der Waals surface area (Å²) in [6, 6.07) is -0.513. The van der Waals surface area contributed by atoms with E-state index >= 15 is 0 Å². The van der Waals surface area contributed by atoms with Gasteiger partial charge in [-0.3, -0.25) is 4.79 Å². The van der Waals surface area contributed by atoms with E-state index in [1.54, 1.807) is 18.9 Å². The van der Waals surface area contributed by atoms with E-state index in [2.05, 4.69) is 9.72 Å². The molecule has 0 bridgehead atoms. The Hall–Kier alpha value is -2.05. The molecule has 1 unspecified atom stereocenters. The van der Waals surface area contributed by atoms with E-state index < -0.39 is 12.0 Å². The van der Waals surface area contributed by atoms with Crippen LogP contribution in [0.15, 0.2) is 6.33 Å². The zero-order chi connectivity index (χ0) is 13.9. The fourth-order valence-electron chi connectivity index (χ4n) is 1.53. The van der Waals surface area contributed by atoms with Gasteiger partial charge in [0.25, 0.3) is 0 Å². The first-order chi connectivity index (χ1) is 8.43. The summed E-state index contributed by atoms with van der Waals surface area (Å²) in [7, 11) is 2.95. The molecule has 1 heterocycles. The normalized spacial score (nSPS) is 12.0. The molecule has 1 aromatic rings. The molecular weight excluding hydrogens is 236 g/mol. The van der Waals surface area contributed by atoms with Crippen LogP contribution in [0.1, 0.15) is 30.4 Å². The highest BCUT2D eigenvalue weighted by atomic mass is 16.5. The number of hydrogen-bond acceptors (Lipinski definition) is 5. The molecule has 1 amide bonds. The number of nitrogens with zero attached hydrogens (tertiary/aromatic N) is 3. The van der Waals surface area contributed by atoms with E-state index in [9.17, 15) is 9.59 Å². The molecule has 0 saturated carbocycles. The van der Waals surface area contributed by atoms with Crippen LogP contribution in [0.5, 0.6) is 0 Å². The van der Waals surface area contributed by atoms with Crippen molar-refractivity contribution in [3.05, 3.63) is 12.0 Å². The van der Waals surface area contributed by atoms with Crippen molar-refractivity contribution in [1.82, 2.24) is 14.5 Å². The van der Waals surface area contributed by atoms with Gasteiger partial charge in [-0.1, -0.05) is 0 Å². The van der Waals surface area contributed by atoms with Gasteiger partial charge in [-0.2, -0.15) is 0 Å². The third kappa shape index (κ3) is 2.44. The first-order valence-corrected chi connectivity index (χ1v) is 5.59. The Morgan fingerprint density at radius 2 is 2.22 bits per heavy atom. The average Bonchev–Trinajstić information content (AvgIpc) is 2.76. The Balaban J connectivity index is 3.01. The van der Waals surface area contributed by atoms with E-state index in [1.807, 2.05) is 6.92 Å². The predicted octanol–water partition coefficient (Wildman–Crippen LogP) is 0.291. The van der Waals surface area contributed by atoms with E-state index in [0.29, 0.717) is 6.54 Å². The van der Waals surface area contributed by atoms with Gasteiger partial charge in [0.15, 0.2) is 5.69 Å². The largest absolute Gasteiger partial charge is 0.464 e. The second kappa shape index (κ2) is 5.52. The number of methoxy groups -OCH3 is 1. The Morgan fingerprint density at radius 1 is 1.61 bits per heavy atom. The smallest absolute Gasteiger partial charge is 0.360 e. The summed E-state index contributed by atoms with van der Waals surface area (Å²) < 4.78 is 6.01. The third-order valence-corrected chi connectivity index (χ3v) is 2.84. The van der Waals surface area contributed by atoms with Crippen LogP contribution in [0.4, 0.5) is 5.82 Å². The molecule has 1 aromatic heterocycles. The van der Waals surface area contributed by atoms with Gasteiger partial charge < -0.3 is 19.9 Å². The predicted molar refractivity (Wildman–Crippen MR) is 66.0 cm³/mol. The van der Waals surface area contributed by atoms with Crippen LogP contribution in [0.2, 0.25) is 0 Å². The van der Waals surface area contributed by atoms with Crippen LogP contribution in [-0.2, 0) is 9.53 Å². The lowest BCUT2D eigenvalue weighted by Crippen LogP contribution is -2.33. The summed E-state index contributed by atoms with van der Waals surface area (Å²) in [4.78, 5) is 28.8. The quantitative estimate of drug-likeness (QED) is 0.780. The van der Waals surface area contributed by atoms with E-state index in [4.69, 9.17) is 5.73 Å². The summed E-state index contributed by atoms with van der Waals surface area (Å²) in [5.41, 5.74) is 5.81. The standard InChI is InChI=1S/C11H18N4O3/c1-5-14(3)10(16)7(2)15-6-13-8(9(15)12)11(17)18-4/h6-7H,5,12H2,1-4H3. The number of nitrogen functional groups attached to an aromatic ring is 1. The maximum Gasteiger partial charge on any atom is 0.360 e. The maximum absolute atomic E-state index is 12.0. The SMILES string of the molecule is CCN(C)C(=O)C(C)n1cnc(C(=O)OC)c1N. The minimum atomic E-state index is -0.616. The third-order valence-electron chi connectivity index (χ3n) is 2.84. The summed E-state index contributed by atoms with van der Waals surface area (Å²) in [6.07, 6.45) is 1.37. The number of imidazole rings is 1. The number of amides is 1. The molecule has 0 spiro atoms. The summed E-state index contributed by atoms with van der Waals surface area (Å²) in [5, 5.41) is 0. The minimum Gasteiger partial charge on any atom is -0.464 e. The molecule has 0 radical (unpaired) electrons. The number of esters is 1. The highest BCUT2D eigenvalue weighted by molar-refractivity contribution is 5.92. The van der Waals surface area contributed by atoms with Crippen LogP contribution in [0, 0.1) is 0 Å². The fraction of sp³-hybridized carbons (Fsp3) is 0.545. The van der Waals surface area contributed by atoms with Crippen LogP contribution >= 0.6 is 0 Å². The number of rotatable bonds is 4. The van der Waals surface area contributed by atoms with Gasteiger partial charge in [0.05, 0.1) is 13.4 Å². The molecule has 0 aliphatic rings. The number of nitrogens with two attached hydrogens (primary N) is 1. The lowest BCUT2D eigenvalue weighted by molar-refractivity contribution is -0.132. The summed E-state index contributed by atoms with van der Waals surface area (Å²) >= 11 is 0. The second-order valence-electron chi connectivity index (χ2n) is 3.91. The lowest BCUT2D eigenvalue weighted by Gasteiger charge is -2.21. The Morgan fingerprint density at radius 3 is 2.72 bits per heavy atom. The number of ether oxygens (including phenoxy) is 1. The monoisotopic (exact) mass is 254 g/mol. The van der Waals surface area contributed by atoms with Crippen LogP contribution in [-0.4, -0.2) is 47.0 Å². The van der Waals surface area contributed by atoms with Gasteiger partial charge in [0, 0.05) is 13.6 Å². The Bertz CT molecular complexity index is 455. The molecule has 0 aliphatic heterocycles. The highest BCUT2D eigenvalue weighted by Gasteiger charge is 2.24. The molecule has 0 fully saturated rings. The first kappa shape index (κ1) is 14.0. The Labute approximate surface area is 106 Å². The van der Waals surface area contributed by atoms with E-state index in [-0.39, 0.29) is 17.4 Å². The van der Waals surface area contributed by atoms with Gasteiger partial charge in [0.1, 0.15) is 11.9 Å². The number of aromatic nitrogens is 2. The van der Waals surface area contributed by atoms with Crippen molar-refractivity contribution in [2.45, 2.75) is 19.9 Å². The van der Waals surface area contributed by atoms with Crippen molar-refractivity contribution in [3.63, 3.8) is 0 Å². The molecule has 0 aliphatic carbocycles. The zero-order valence-corrected chi connectivity index (χ0v) is 11.0. The van der Waals surface area contributed by atoms with Gasteiger partial charge in [-0.25, -0.2) is 9.78 Å². The van der Waals surface area contributed by atoms with Crippen molar-refractivity contribution in [2.75, 3.05) is 26.4 Å². The molecule has 100 valence electrons. The van der Waals surface area contributed by atoms with Crippen molar-refractivity contribution < 1.29 is 14.3 Å². The van der Waals surface area contributed by atoms with Crippen LogP contribution < -0.4 is 5.73 Å². The zero-order valence-electron chi connectivity index (χ0n) is 11.0. The van der Waals surface area contributed by atoms with Crippen molar-refractivity contribution in [1.29, 1.82) is 0 Å². The Kier molecular flexibility index (Phi) is 4.30. The molecule has 0 aromatic carbocycles. The van der Waals surface area contributed by atoms with E-state index in [0.717, 1.165) is 0 Å². The van der Waals surface area contributed by atoms with Gasteiger partial charge in [-0.15, -0.1) is 0 Å². The highest BCUT2D eigenvalue weighted by Crippen LogP contribution is 2.18. The molecule has 1 rings (SSSR count).